The first-order valence-corrected chi connectivity index (χ1v) is 10.4. The SMILES string of the molecule is CCOC(=O)C1CCc2sc(NCC3CSCCS3)nc21. The Bertz CT molecular complexity index is 500. The lowest BCUT2D eigenvalue weighted by Gasteiger charge is -2.20. The second-order valence-corrected chi connectivity index (χ2v) is 8.76. The molecule has 1 fully saturated rings. The maximum Gasteiger partial charge on any atom is 0.315 e. The van der Waals surface area contributed by atoms with Crippen LogP contribution in [0.3, 0.4) is 0 Å². The molecule has 2 atom stereocenters. The summed E-state index contributed by atoms with van der Waals surface area (Å²) in [5.41, 5.74) is 0.951. The van der Waals surface area contributed by atoms with E-state index in [2.05, 4.69) is 10.3 Å². The van der Waals surface area contributed by atoms with Crippen LogP contribution in [0, 0.1) is 0 Å². The quantitative estimate of drug-likeness (QED) is 0.829. The molecule has 2 aliphatic rings. The van der Waals surface area contributed by atoms with Gasteiger partial charge in [0.25, 0.3) is 0 Å². The molecule has 3 rings (SSSR count). The lowest BCUT2D eigenvalue weighted by molar-refractivity contribution is -0.145. The molecule has 1 aliphatic carbocycles. The van der Waals surface area contributed by atoms with Crippen LogP contribution in [0.5, 0.6) is 0 Å². The molecule has 1 saturated heterocycles. The zero-order valence-corrected chi connectivity index (χ0v) is 14.5. The summed E-state index contributed by atoms with van der Waals surface area (Å²) in [5, 5.41) is 5.09. The van der Waals surface area contributed by atoms with Crippen molar-refractivity contribution in [2.45, 2.75) is 30.9 Å². The van der Waals surface area contributed by atoms with Crippen LogP contribution < -0.4 is 5.32 Å². The Hall–Kier alpha value is -0.400. The number of aryl methyl sites for hydroxylation is 1. The standard InChI is InChI=1S/C14H20N2O2S3/c1-2-18-13(17)10-3-4-11-12(10)16-14(21-11)15-7-9-8-19-5-6-20-9/h9-10H,2-8H2,1H3,(H,15,16). The van der Waals surface area contributed by atoms with Gasteiger partial charge in [0.15, 0.2) is 5.13 Å². The maximum absolute atomic E-state index is 11.9. The molecule has 0 aromatic carbocycles. The number of hydrogen-bond acceptors (Lipinski definition) is 7. The van der Waals surface area contributed by atoms with Crippen molar-refractivity contribution in [2.75, 3.05) is 35.7 Å². The van der Waals surface area contributed by atoms with E-state index in [1.807, 2.05) is 30.4 Å². The molecule has 0 saturated carbocycles. The topological polar surface area (TPSA) is 51.2 Å². The van der Waals surface area contributed by atoms with Crippen LogP contribution in [0.15, 0.2) is 0 Å². The van der Waals surface area contributed by atoms with Gasteiger partial charge in [0.1, 0.15) is 5.92 Å². The fraction of sp³-hybridized carbons (Fsp3) is 0.714. The van der Waals surface area contributed by atoms with Gasteiger partial charge in [-0.25, -0.2) is 4.98 Å². The molecule has 0 bridgehead atoms. The molecule has 0 amide bonds. The van der Waals surface area contributed by atoms with Gasteiger partial charge in [-0.2, -0.15) is 23.5 Å². The Morgan fingerprint density at radius 1 is 1.48 bits per heavy atom. The van der Waals surface area contributed by atoms with Crippen LogP contribution in [-0.2, 0) is 16.0 Å². The van der Waals surface area contributed by atoms with Crippen LogP contribution in [0.4, 0.5) is 5.13 Å². The van der Waals surface area contributed by atoms with Crippen molar-refractivity contribution in [3.05, 3.63) is 10.6 Å². The van der Waals surface area contributed by atoms with Crippen molar-refractivity contribution in [2.24, 2.45) is 0 Å². The molecule has 0 radical (unpaired) electrons. The highest BCUT2D eigenvalue weighted by atomic mass is 32.2. The number of thiazole rings is 1. The van der Waals surface area contributed by atoms with Crippen LogP contribution >= 0.6 is 34.9 Å². The number of carbonyl (C=O) groups excluding carboxylic acids is 1. The largest absolute Gasteiger partial charge is 0.465 e. The molecule has 1 aliphatic heterocycles. The summed E-state index contributed by atoms with van der Waals surface area (Å²) >= 11 is 5.78. The summed E-state index contributed by atoms with van der Waals surface area (Å²) in [7, 11) is 0. The van der Waals surface area contributed by atoms with Gasteiger partial charge >= 0.3 is 5.97 Å². The minimum absolute atomic E-state index is 0.118. The first-order chi connectivity index (χ1) is 10.3. The van der Waals surface area contributed by atoms with Crippen molar-refractivity contribution in [3.63, 3.8) is 0 Å². The maximum atomic E-state index is 11.9. The molecule has 1 aromatic heterocycles. The fourth-order valence-corrected chi connectivity index (χ4v) is 6.29. The average Bonchev–Trinajstić information content (AvgIpc) is 3.06. The van der Waals surface area contributed by atoms with E-state index >= 15 is 0 Å². The first-order valence-electron chi connectivity index (χ1n) is 7.37. The fourth-order valence-electron chi connectivity index (χ4n) is 2.63. The van der Waals surface area contributed by atoms with E-state index in [0.29, 0.717) is 11.9 Å². The van der Waals surface area contributed by atoms with E-state index in [4.69, 9.17) is 4.74 Å². The van der Waals surface area contributed by atoms with E-state index in [0.717, 1.165) is 30.2 Å². The number of nitrogens with zero attached hydrogens (tertiary/aromatic N) is 1. The highest BCUT2D eigenvalue weighted by Crippen LogP contribution is 2.39. The van der Waals surface area contributed by atoms with Crippen molar-refractivity contribution < 1.29 is 9.53 Å². The second kappa shape index (κ2) is 7.24. The highest BCUT2D eigenvalue weighted by molar-refractivity contribution is 8.06. The third-order valence-corrected chi connectivity index (χ3v) is 7.59. The van der Waals surface area contributed by atoms with Gasteiger partial charge in [0, 0.05) is 33.9 Å². The van der Waals surface area contributed by atoms with Gasteiger partial charge in [-0.3, -0.25) is 4.79 Å². The van der Waals surface area contributed by atoms with Crippen molar-refractivity contribution in [1.82, 2.24) is 4.98 Å². The molecule has 1 N–H and O–H groups in total. The van der Waals surface area contributed by atoms with E-state index in [9.17, 15) is 4.79 Å². The Kier molecular flexibility index (Phi) is 5.34. The summed E-state index contributed by atoms with van der Waals surface area (Å²) in [6, 6.07) is 0. The number of carbonyl (C=O) groups is 1. The average molecular weight is 345 g/mol. The number of fused-ring (bicyclic) bond motifs is 1. The predicted octanol–water partition coefficient (Wildman–Crippen LogP) is 3.00. The molecule has 2 heterocycles. The third kappa shape index (κ3) is 3.68. The third-order valence-electron chi connectivity index (χ3n) is 3.65. The molecule has 116 valence electrons. The molecule has 7 heteroatoms. The minimum atomic E-state index is -0.147. The van der Waals surface area contributed by atoms with Crippen molar-refractivity contribution in [1.29, 1.82) is 0 Å². The van der Waals surface area contributed by atoms with Crippen molar-refractivity contribution >= 4 is 46.0 Å². The summed E-state index contributed by atoms with van der Waals surface area (Å²) < 4.78 is 5.15. The Morgan fingerprint density at radius 3 is 3.14 bits per heavy atom. The van der Waals surface area contributed by atoms with E-state index in [1.165, 1.54) is 22.1 Å². The zero-order valence-electron chi connectivity index (χ0n) is 12.1. The molecular weight excluding hydrogens is 324 g/mol. The monoisotopic (exact) mass is 344 g/mol. The van der Waals surface area contributed by atoms with Crippen LogP contribution in [-0.4, -0.2) is 46.6 Å². The van der Waals surface area contributed by atoms with Gasteiger partial charge in [-0.15, -0.1) is 11.3 Å². The van der Waals surface area contributed by atoms with Gasteiger partial charge in [-0.1, -0.05) is 0 Å². The van der Waals surface area contributed by atoms with E-state index < -0.39 is 0 Å². The number of rotatable bonds is 5. The van der Waals surface area contributed by atoms with Crippen molar-refractivity contribution in [3.8, 4) is 0 Å². The van der Waals surface area contributed by atoms with Gasteiger partial charge in [-0.05, 0) is 19.8 Å². The number of anilines is 1. The summed E-state index contributed by atoms with van der Waals surface area (Å²) in [4.78, 5) is 17.8. The van der Waals surface area contributed by atoms with Gasteiger partial charge in [0.2, 0.25) is 0 Å². The summed E-state index contributed by atoms with van der Waals surface area (Å²) in [6.07, 6.45) is 1.80. The number of aromatic nitrogens is 1. The molecule has 0 spiro atoms. The van der Waals surface area contributed by atoms with Gasteiger partial charge < -0.3 is 10.1 Å². The zero-order chi connectivity index (χ0) is 14.7. The summed E-state index contributed by atoms with van der Waals surface area (Å²) in [6.45, 7) is 3.26. The van der Waals surface area contributed by atoms with Crippen LogP contribution in [0.25, 0.3) is 0 Å². The van der Waals surface area contributed by atoms with Crippen LogP contribution in [0.1, 0.15) is 29.8 Å². The number of nitrogens with one attached hydrogen (secondary N) is 1. The first kappa shape index (κ1) is 15.5. The number of esters is 1. The van der Waals surface area contributed by atoms with E-state index in [-0.39, 0.29) is 11.9 Å². The van der Waals surface area contributed by atoms with Gasteiger partial charge in [0.05, 0.1) is 12.3 Å². The Morgan fingerprint density at radius 2 is 2.38 bits per heavy atom. The number of hydrogen-bond donors (Lipinski definition) is 1. The Balaban J connectivity index is 1.59. The predicted molar refractivity (Wildman–Crippen MR) is 91.9 cm³/mol. The smallest absolute Gasteiger partial charge is 0.315 e. The Labute approximate surface area is 137 Å². The second-order valence-electron chi connectivity index (χ2n) is 5.12. The van der Waals surface area contributed by atoms with E-state index in [1.54, 1.807) is 11.3 Å². The molecule has 1 aromatic rings. The molecule has 21 heavy (non-hydrogen) atoms. The number of ether oxygens (including phenoxy) is 1. The number of thioether (sulfide) groups is 2. The summed E-state index contributed by atoms with van der Waals surface area (Å²) in [5.74, 6) is 3.47. The minimum Gasteiger partial charge on any atom is -0.465 e. The molecular formula is C14H20N2O2S3. The molecule has 4 nitrogen and oxygen atoms in total. The van der Waals surface area contributed by atoms with Crippen LogP contribution in [0.2, 0.25) is 0 Å². The highest BCUT2D eigenvalue weighted by Gasteiger charge is 2.33. The molecule has 2 unspecified atom stereocenters. The lowest BCUT2D eigenvalue weighted by atomic mass is 10.1. The lowest BCUT2D eigenvalue weighted by Crippen LogP contribution is -2.23. The normalized spacial score (nSPS) is 24.6.